The van der Waals surface area contributed by atoms with E-state index in [-0.39, 0.29) is 12.3 Å². The summed E-state index contributed by atoms with van der Waals surface area (Å²) in [5, 5.41) is 0.903. The van der Waals surface area contributed by atoms with Gasteiger partial charge in [0.15, 0.2) is 0 Å². The molecule has 0 aliphatic rings. The summed E-state index contributed by atoms with van der Waals surface area (Å²) in [4.78, 5) is 15.2. The highest BCUT2D eigenvalue weighted by molar-refractivity contribution is 5.91. The van der Waals surface area contributed by atoms with Crippen LogP contribution in [0.3, 0.4) is 0 Å². The van der Waals surface area contributed by atoms with E-state index in [4.69, 9.17) is 10.5 Å². The summed E-state index contributed by atoms with van der Waals surface area (Å²) in [5.41, 5.74) is 6.82. The number of nitrogens with zero attached hydrogens (tertiary/aromatic N) is 1. The van der Waals surface area contributed by atoms with Crippen molar-refractivity contribution in [3.63, 3.8) is 0 Å². The molecule has 0 spiro atoms. The molecule has 1 aromatic heterocycles. The number of aromatic nitrogens is 1. The highest BCUT2D eigenvalue weighted by atomic mass is 16.5. The Kier molecular flexibility index (Phi) is 2.72. The number of methoxy groups -OCH3 is 1. The zero-order valence-corrected chi connectivity index (χ0v) is 8.93. The quantitative estimate of drug-likeness (QED) is 0.840. The molecular formula is C12H12N2O2. The average Bonchev–Trinajstić information content (AvgIpc) is 2.29. The first-order valence-electron chi connectivity index (χ1n) is 4.91. The molecule has 2 rings (SSSR count). The molecule has 0 aliphatic heterocycles. The number of primary amides is 1. The maximum Gasteiger partial charge on any atom is 0.221 e. The summed E-state index contributed by atoms with van der Waals surface area (Å²) in [6.07, 6.45) is 1.91. The molecule has 2 N–H and O–H groups in total. The van der Waals surface area contributed by atoms with Crippen molar-refractivity contribution in [2.75, 3.05) is 7.11 Å². The van der Waals surface area contributed by atoms with Gasteiger partial charge in [0.05, 0.1) is 13.5 Å². The Bertz CT molecular complexity index is 538. The van der Waals surface area contributed by atoms with Crippen molar-refractivity contribution in [2.45, 2.75) is 6.42 Å². The number of pyridine rings is 1. The Morgan fingerprint density at radius 2 is 2.25 bits per heavy atom. The van der Waals surface area contributed by atoms with Gasteiger partial charge in [0.25, 0.3) is 0 Å². The normalized spacial score (nSPS) is 10.3. The molecule has 4 nitrogen and oxygen atoms in total. The number of rotatable bonds is 3. The van der Waals surface area contributed by atoms with E-state index in [9.17, 15) is 4.79 Å². The summed E-state index contributed by atoms with van der Waals surface area (Å²) in [5.74, 6) is 0.346. The summed E-state index contributed by atoms with van der Waals surface area (Å²) in [6, 6.07) is 7.37. The number of hydrogen-bond donors (Lipinski definition) is 1. The number of benzene rings is 1. The molecule has 0 saturated carbocycles. The second-order valence-electron chi connectivity index (χ2n) is 3.47. The first-order chi connectivity index (χ1) is 7.72. The van der Waals surface area contributed by atoms with Crippen LogP contribution >= 0.6 is 0 Å². The Hall–Kier alpha value is -2.10. The molecule has 0 unspecified atom stereocenters. The standard InChI is InChI=1S/C12H12N2O2/c1-16-10-5-4-8(7-11(13)15)9-3-2-6-14-12(9)10/h2-6H,7H2,1H3,(H2,13,15). The molecule has 0 fully saturated rings. The summed E-state index contributed by atoms with van der Waals surface area (Å²) in [6.45, 7) is 0. The van der Waals surface area contributed by atoms with E-state index in [0.29, 0.717) is 5.75 Å². The van der Waals surface area contributed by atoms with Gasteiger partial charge >= 0.3 is 0 Å². The van der Waals surface area contributed by atoms with Crippen LogP contribution in [0.25, 0.3) is 10.9 Å². The highest BCUT2D eigenvalue weighted by Gasteiger charge is 2.08. The smallest absolute Gasteiger partial charge is 0.221 e. The van der Waals surface area contributed by atoms with Crippen LogP contribution in [0.4, 0.5) is 0 Å². The highest BCUT2D eigenvalue weighted by Crippen LogP contribution is 2.26. The van der Waals surface area contributed by atoms with Crippen LogP contribution in [0.1, 0.15) is 5.56 Å². The molecule has 1 heterocycles. The van der Waals surface area contributed by atoms with Crippen molar-refractivity contribution in [3.8, 4) is 5.75 Å². The van der Waals surface area contributed by atoms with Crippen molar-refractivity contribution < 1.29 is 9.53 Å². The van der Waals surface area contributed by atoms with Crippen LogP contribution in [-0.2, 0) is 11.2 Å². The van der Waals surface area contributed by atoms with Gasteiger partial charge < -0.3 is 10.5 Å². The third-order valence-corrected chi connectivity index (χ3v) is 2.41. The van der Waals surface area contributed by atoms with Gasteiger partial charge in [-0.25, -0.2) is 0 Å². The van der Waals surface area contributed by atoms with E-state index in [0.717, 1.165) is 16.5 Å². The molecule has 2 aromatic rings. The number of carbonyl (C=O) groups is 1. The first kappa shape index (κ1) is 10.4. The van der Waals surface area contributed by atoms with Gasteiger partial charge in [-0.2, -0.15) is 0 Å². The number of amides is 1. The van der Waals surface area contributed by atoms with Gasteiger partial charge in [-0.05, 0) is 17.7 Å². The van der Waals surface area contributed by atoms with Crippen LogP contribution in [0, 0.1) is 0 Å². The number of fused-ring (bicyclic) bond motifs is 1. The monoisotopic (exact) mass is 216 g/mol. The third-order valence-electron chi connectivity index (χ3n) is 2.41. The van der Waals surface area contributed by atoms with Gasteiger partial charge in [0.2, 0.25) is 5.91 Å². The predicted octanol–water partition coefficient (Wildman–Crippen LogP) is 1.27. The maximum atomic E-state index is 10.9. The predicted molar refractivity (Wildman–Crippen MR) is 61.2 cm³/mol. The Morgan fingerprint density at radius 3 is 2.94 bits per heavy atom. The molecule has 82 valence electrons. The molecule has 0 saturated heterocycles. The molecule has 0 radical (unpaired) electrons. The lowest BCUT2D eigenvalue weighted by molar-refractivity contribution is -0.117. The third kappa shape index (κ3) is 1.82. The zero-order chi connectivity index (χ0) is 11.5. The lowest BCUT2D eigenvalue weighted by Gasteiger charge is -2.08. The van der Waals surface area contributed by atoms with Crippen LogP contribution in [0.2, 0.25) is 0 Å². The van der Waals surface area contributed by atoms with E-state index in [1.54, 1.807) is 19.4 Å². The Labute approximate surface area is 93.0 Å². The topological polar surface area (TPSA) is 65.2 Å². The van der Waals surface area contributed by atoms with E-state index < -0.39 is 0 Å². The maximum absolute atomic E-state index is 10.9. The van der Waals surface area contributed by atoms with Crippen molar-refractivity contribution in [1.82, 2.24) is 4.98 Å². The SMILES string of the molecule is COc1ccc(CC(N)=O)c2cccnc12. The fraction of sp³-hybridized carbons (Fsp3) is 0.167. The van der Waals surface area contributed by atoms with E-state index in [2.05, 4.69) is 4.98 Å². The average molecular weight is 216 g/mol. The van der Waals surface area contributed by atoms with Crippen molar-refractivity contribution in [3.05, 3.63) is 36.0 Å². The molecule has 0 aliphatic carbocycles. The van der Waals surface area contributed by atoms with Gasteiger partial charge in [0, 0.05) is 11.6 Å². The van der Waals surface area contributed by atoms with E-state index in [1.165, 1.54) is 0 Å². The first-order valence-corrected chi connectivity index (χ1v) is 4.91. The van der Waals surface area contributed by atoms with Gasteiger partial charge in [-0.3, -0.25) is 9.78 Å². The molecule has 1 aromatic carbocycles. The zero-order valence-electron chi connectivity index (χ0n) is 8.93. The number of ether oxygens (including phenoxy) is 1. The van der Waals surface area contributed by atoms with Crippen LogP contribution in [0.15, 0.2) is 30.5 Å². The minimum atomic E-state index is -0.352. The fourth-order valence-electron chi connectivity index (χ4n) is 1.71. The lowest BCUT2D eigenvalue weighted by atomic mass is 10.0. The summed E-state index contributed by atoms with van der Waals surface area (Å²) < 4.78 is 5.21. The van der Waals surface area contributed by atoms with Crippen molar-refractivity contribution in [2.24, 2.45) is 5.73 Å². The summed E-state index contributed by atoms with van der Waals surface area (Å²) >= 11 is 0. The van der Waals surface area contributed by atoms with Crippen molar-refractivity contribution in [1.29, 1.82) is 0 Å². The number of nitrogens with two attached hydrogens (primary N) is 1. The largest absolute Gasteiger partial charge is 0.494 e. The minimum absolute atomic E-state index is 0.214. The second-order valence-corrected chi connectivity index (χ2v) is 3.47. The molecule has 16 heavy (non-hydrogen) atoms. The minimum Gasteiger partial charge on any atom is -0.494 e. The van der Waals surface area contributed by atoms with E-state index in [1.807, 2.05) is 18.2 Å². The van der Waals surface area contributed by atoms with Crippen LogP contribution < -0.4 is 10.5 Å². The number of carbonyl (C=O) groups excluding carboxylic acids is 1. The molecule has 0 atom stereocenters. The Balaban J connectivity index is 2.64. The van der Waals surface area contributed by atoms with E-state index >= 15 is 0 Å². The van der Waals surface area contributed by atoms with Gasteiger partial charge in [0.1, 0.15) is 11.3 Å². The second kappa shape index (κ2) is 4.18. The fourth-order valence-corrected chi connectivity index (χ4v) is 1.71. The lowest BCUT2D eigenvalue weighted by Crippen LogP contribution is -2.13. The summed E-state index contributed by atoms with van der Waals surface area (Å²) in [7, 11) is 1.59. The van der Waals surface area contributed by atoms with Gasteiger partial charge in [-0.15, -0.1) is 0 Å². The van der Waals surface area contributed by atoms with Crippen LogP contribution in [0.5, 0.6) is 5.75 Å². The Morgan fingerprint density at radius 1 is 1.44 bits per heavy atom. The molecular weight excluding hydrogens is 204 g/mol. The van der Waals surface area contributed by atoms with Gasteiger partial charge in [-0.1, -0.05) is 12.1 Å². The van der Waals surface area contributed by atoms with Crippen molar-refractivity contribution >= 4 is 16.8 Å². The molecule has 1 amide bonds. The molecule has 0 bridgehead atoms. The molecule has 4 heteroatoms. The van der Waals surface area contributed by atoms with Crippen LogP contribution in [-0.4, -0.2) is 18.0 Å². The number of hydrogen-bond acceptors (Lipinski definition) is 3.